The third-order valence-corrected chi connectivity index (χ3v) is 4.12. The number of aromatic nitrogens is 2. The van der Waals surface area contributed by atoms with E-state index in [0.717, 1.165) is 0 Å². The first kappa shape index (κ1) is 15.9. The van der Waals surface area contributed by atoms with Gasteiger partial charge >= 0.3 is 0 Å². The number of hydrogen-bond acceptors (Lipinski definition) is 4. The normalized spacial score (nSPS) is 11.5. The standard InChI is InChI=1S/C14H13BrClN3O2/c1-14(2,3)11-10(15)12(16)18-13(17-11)8-6-4-5-7-9(8)19(20)21/h4-7H,1-3H3. The molecule has 110 valence electrons. The number of hydrogen-bond donors (Lipinski definition) is 0. The second kappa shape index (κ2) is 5.69. The molecular weight excluding hydrogens is 358 g/mol. The van der Waals surface area contributed by atoms with Crippen molar-refractivity contribution in [1.82, 2.24) is 9.97 Å². The molecule has 0 radical (unpaired) electrons. The summed E-state index contributed by atoms with van der Waals surface area (Å²) in [6, 6.07) is 6.35. The van der Waals surface area contributed by atoms with E-state index in [4.69, 9.17) is 11.6 Å². The second-order valence-corrected chi connectivity index (χ2v) is 6.68. The van der Waals surface area contributed by atoms with E-state index >= 15 is 0 Å². The summed E-state index contributed by atoms with van der Waals surface area (Å²) >= 11 is 9.52. The number of nitro benzene ring substituents is 1. The smallest absolute Gasteiger partial charge is 0.258 e. The molecule has 5 nitrogen and oxygen atoms in total. The van der Waals surface area contributed by atoms with Crippen LogP contribution >= 0.6 is 27.5 Å². The molecule has 21 heavy (non-hydrogen) atoms. The van der Waals surface area contributed by atoms with Crippen LogP contribution in [-0.4, -0.2) is 14.9 Å². The first-order chi connectivity index (χ1) is 9.71. The fourth-order valence-corrected chi connectivity index (χ4v) is 2.80. The summed E-state index contributed by atoms with van der Waals surface area (Å²) in [5, 5.41) is 11.4. The quantitative estimate of drug-likeness (QED) is 0.434. The number of rotatable bonds is 2. The van der Waals surface area contributed by atoms with Gasteiger partial charge in [0.2, 0.25) is 0 Å². The van der Waals surface area contributed by atoms with E-state index in [1.165, 1.54) is 6.07 Å². The molecule has 0 saturated carbocycles. The van der Waals surface area contributed by atoms with E-state index in [1.54, 1.807) is 18.2 Å². The molecule has 7 heteroatoms. The largest absolute Gasteiger partial charge is 0.280 e. The Labute approximate surface area is 135 Å². The Kier molecular flexibility index (Phi) is 4.30. The van der Waals surface area contributed by atoms with Crippen LogP contribution < -0.4 is 0 Å². The molecule has 0 fully saturated rings. The van der Waals surface area contributed by atoms with Gasteiger partial charge in [-0.3, -0.25) is 10.1 Å². The summed E-state index contributed by atoms with van der Waals surface area (Å²) in [7, 11) is 0. The first-order valence-corrected chi connectivity index (χ1v) is 7.36. The molecule has 1 aromatic carbocycles. The van der Waals surface area contributed by atoms with Crippen LogP contribution in [0.15, 0.2) is 28.7 Å². The van der Waals surface area contributed by atoms with E-state index in [2.05, 4.69) is 25.9 Å². The molecule has 1 heterocycles. The lowest BCUT2D eigenvalue weighted by atomic mass is 9.92. The summed E-state index contributed by atoms with van der Waals surface area (Å²) < 4.78 is 0.610. The van der Waals surface area contributed by atoms with Crippen molar-refractivity contribution in [2.45, 2.75) is 26.2 Å². The van der Waals surface area contributed by atoms with E-state index < -0.39 is 4.92 Å². The fourth-order valence-electron chi connectivity index (χ4n) is 1.86. The maximum absolute atomic E-state index is 11.1. The lowest BCUT2D eigenvalue weighted by molar-refractivity contribution is -0.384. The zero-order valence-corrected chi connectivity index (χ0v) is 14.1. The summed E-state index contributed by atoms with van der Waals surface area (Å²) in [6.45, 7) is 5.96. The molecule has 0 saturated heterocycles. The molecular formula is C14H13BrClN3O2. The van der Waals surface area contributed by atoms with Crippen molar-refractivity contribution in [3.8, 4) is 11.4 Å². The van der Waals surface area contributed by atoms with Crippen LogP contribution in [0, 0.1) is 10.1 Å². The molecule has 2 rings (SSSR count). The summed E-state index contributed by atoms with van der Waals surface area (Å²) in [4.78, 5) is 19.3. The van der Waals surface area contributed by atoms with Gasteiger partial charge in [0, 0.05) is 11.5 Å². The van der Waals surface area contributed by atoms with Gasteiger partial charge in [-0.05, 0) is 22.0 Å². The van der Waals surface area contributed by atoms with Gasteiger partial charge in [-0.1, -0.05) is 44.5 Å². The van der Waals surface area contributed by atoms with Gasteiger partial charge in [-0.25, -0.2) is 9.97 Å². The number of nitro groups is 1. The van der Waals surface area contributed by atoms with Crippen molar-refractivity contribution < 1.29 is 4.92 Å². The minimum absolute atomic E-state index is 0.0456. The van der Waals surface area contributed by atoms with Crippen LogP contribution in [0.5, 0.6) is 0 Å². The van der Waals surface area contributed by atoms with Crippen molar-refractivity contribution in [3.05, 3.63) is 49.7 Å². The summed E-state index contributed by atoms with van der Waals surface area (Å²) in [6.07, 6.45) is 0. The highest BCUT2D eigenvalue weighted by Gasteiger charge is 2.25. The van der Waals surface area contributed by atoms with E-state index in [0.29, 0.717) is 15.7 Å². The Bertz CT molecular complexity index is 714. The monoisotopic (exact) mass is 369 g/mol. The van der Waals surface area contributed by atoms with E-state index in [9.17, 15) is 10.1 Å². The number of para-hydroxylation sites is 1. The molecule has 0 N–H and O–H groups in total. The molecule has 0 aliphatic rings. The highest BCUT2D eigenvalue weighted by Crippen LogP contribution is 2.35. The zero-order valence-electron chi connectivity index (χ0n) is 11.7. The average molecular weight is 371 g/mol. The third-order valence-electron chi connectivity index (χ3n) is 2.86. The Morgan fingerprint density at radius 1 is 1.24 bits per heavy atom. The molecule has 0 aliphatic carbocycles. The Balaban J connectivity index is 2.72. The predicted octanol–water partition coefficient (Wildman–Crippen LogP) is 4.77. The lowest BCUT2D eigenvalue weighted by Gasteiger charge is -2.20. The van der Waals surface area contributed by atoms with Gasteiger partial charge in [0.05, 0.1) is 20.7 Å². The highest BCUT2D eigenvalue weighted by molar-refractivity contribution is 9.10. The van der Waals surface area contributed by atoms with Crippen molar-refractivity contribution in [1.29, 1.82) is 0 Å². The molecule has 1 aromatic heterocycles. The van der Waals surface area contributed by atoms with E-state index in [1.807, 2.05) is 20.8 Å². The SMILES string of the molecule is CC(C)(C)c1nc(-c2ccccc2[N+](=O)[O-])nc(Cl)c1Br. The first-order valence-electron chi connectivity index (χ1n) is 6.19. The van der Waals surface area contributed by atoms with Crippen molar-refractivity contribution in [2.75, 3.05) is 0 Å². The Morgan fingerprint density at radius 3 is 2.43 bits per heavy atom. The Hall–Kier alpha value is -1.53. The van der Waals surface area contributed by atoms with E-state index in [-0.39, 0.29) is 22.1 Å². The van der Waals surface area contributed by atoms with Gasteiger partial charge in [0.15, 0.2) is 5.82 Å². The van der Waals surface area contributed by atoms with Crippen LogP contribution in [0.3, 0.4) is 0 Å². The van der Waals surface area contributed by atoms with Crippen LogP contribution in [-0.2, 0) is 5.41 Å². The number of benzene rings is 1. The van der Waals surface area contributed by atoms with Gasteiger partial charge in [-0.2, -0.15) is 0 Å². The Morgan fingerprint density at radius 2 is 1.86 bits per heavy atom. The lowest BCUT2D eigenvalue weighted by Crippen LogP contribution is -2.16. The van der Waals surface area contributed by atoms with Crippen LogP contribution in [0.2, 0.25) is 5.15 Å². The second-order valence-electron chi connectivity index (χ2n) is 5.52. The number of nitrogens with zero attached hydrogens (tertiary/aromatic N) is 3. The molecule has 0 bridgehead atoms. The van der Waals surface area contributed by atoms with Gasteiger partial charge < -0.3 is 0 Å². The molecule has 0 spiro atoms. The van der Waals surface area contributed by atoms with Gasteiger partial charge in [-0.15, -0.1) is 0 Å². The molecule has 2 aromatic rings. The topological polar surface area (TPSA) is 68.9 Å². The van der Waals surface area contributed by atoms with Crippen LogP contribution in [0.4, 0.5) is 5.69 Å². The van der Waals surface area contributed by atoms with Crippen molar-refractivity contribution in [2.24, 2.45) is 0 Å². The van der Waals surface area contributed by atoms with Crippen LogP contribution in [0.25, 0.3) is 11.4 Å². The average Bonchev–Trinajstić information content (AvgIpc) is 2.40. The summed E-state index contributed by atoms with van der Waals surface area (Å²) in [5.41, 5.74) is 0.734. The summed E-state index contributed by atoms with van der Waals surface area (Å²) in [5.74, 6) is 0.250. The molecule has 0 amide bonds. The molecule has 0 unspecified atom stereocenters. The van der Waals surface area contributed by atoms with Crippen molar-refractivity contribution in [3.63, 3.8) is 0 Å². The zero-order chi connectivity index (χ0) is 15.8. The van der Waals surface area contributed by atoms with Crippen LogP contribution in [0.1, 0.15) is 26.5 Å². The fraction of sp³-hybridized carbons (Fsp3) is 0.286. The maximum atomic E-state index is 11.1. The molecule has 0 atom stereocenters. The third kappa shape index (κ3) is 3.22. The van der Waals surface area contributed by atoms with Gasteiger partial charge in [0.1, 0.15) is 5.15 Å². The maximum Gasteiger partial charge on any atom is 0.280 e. The predicted molar refractivity (Wildman–Crippen MR) is 85.5 cm³/mol. The highest BCUT2D eigenvalue weighted by atomic mass is 79.9. The molecule has 0 aliphatic heterocycles. The minimum Gasteiger partial charge on any atom is -0.258 e. The minimum atomic E-state index is -0.453. The van der Waals surface area contributed by atoms with Crippen molar-refractivity contribution >= 4 is 33.2 Å². The van der Waals surface area contributed by atoms with Gasteiger partial charge in [0.25, 0.3) is 5.69 Å². The number of halogens is 2.